The number of carbonyl (C=O) groups is 4. The second-order valence-electron chi connectivity index (χ2n) is 9.48. The molecule has 1 saturated carbocycles. The number of hydrogen-bond donors (Lipinski definition) is 1. The van der Waals surface area contributed by atoms with Gasteiger partial charge in [0, 0.05) is 24.7 Å². The lowest BCUT2D eigenvalue weighted by Crippen LogP contribution is -2.55. The lowest BCUT2D eigenvalue weighted by atomic mass is 9.71. The van der Waals surface area contributed by atoms with E-state index in [1.165, 1.54) is 4.90 Å². The summed E-state index contributed by atoms with van der Waals surface area (Å²) in [5.74, 6) is -1.45. The minimum atomic E-state index is -0.964. The number of ketones is 1. The first kappa shape index (κ1) is 23.5. The number of rotatable bonds is 7. The van der Waals surface area contributed by atoms with Crippen molar-refractivity contribution >= 4 is 23.6 Å². The molecule has 0 radical (unpaired) electrons. The van der Waals surface area contributed by atoms with E-state index < -0.39 is 23.5 Å². The molecule has 7 heteroatoms. The Morgan fingerprint density at radius 3 is 2.31 bits per heavy atom. The highest BCUT2D eigenvalue weighted by atomic mass is 16.5. The molecule has 2 amide bonds. The Labute approximate surface area is 173 Å². The molecule has 164 valence electrons. The molecule has 2 unspecified atom stereocenters. The molecular weight excluding hydrogens is 374 g/mol. The van der Waals surface area contributed by atoms with Crippen LogP contribution in [-0.4, -0.2) is 51.8 Å². The maximum atomic E-state index is 12.7. The average molecular weight is 410 g/mol. The molecule has 0 aromatic heterocycles. The normalized spacial score (nSPS) is 27.9. The number of imide groups is 1. The zero-order chi connectivity index (χ0) is 21.9. The van der Waals surface area contributed by atoms with E-state index in [1.54, 1.807) is 20.8 Å². The summed E-state index contributed by atoms with van der Waals surface area (Å²) in [5.41, 5.74) is -0.964. The summed E-state index contributed by atoms with van der Waals surface area (Å²) < 4.78 is 4.95. The molecule has 0 bridgehead atoms. The van der Waals surface area contributed by atoms with Crippen molar-refractivity contribution in [3.63, 3.8) is 0 Å². The number of piperidine rings is 1. The van der Waals surface area contributed by atoms with Crippen LogP contribution >= 0.6 is 0 Å². The molecule has 4 atom stereocenters. The molecule has 1 aliphatic heterocycles. The van der Waals surface area contributed by atoms with Crippen molar-refractivity contribution in [1.29, 1.82) is 0 Å². The number of carbonyl (C=O) groups excluding carboxylic acids is 4. The van der Waals surface area contributed by atoms with Crippen molar-refractivity contribution in [2.45, 2.75) is 84.8 Å². The Bertz CT molecular complexity index is 640. The summed E-state index contributed by atoms with van der Waals surface area (Å²) in [6, 6.07) is 0. The van der Waals surface area contributed by atoms with Crippen molar-refractivity contribution < 1.29 is 29.0 Å². The Kier molecular flexibility index (Phi) is 7.60. The molecule has 1 N–H and O–H groups in total. The van der Waals surface area contributed by atoms with E-state index in [4.69, 9.17) is 4.74 Å². The standard InChI is InChI=1S/C22H35NO6/c1-6-29-20(27)12-22(4,5)23-18(25)10-15(11-19(23)26)9-17(24)16-8-13(2)7-14(3)21(16)28/h13-17,24H,6-12H2,1-5H3/t13-,14?,16?,17+/m0/s1. The van der Waals surface area contributed by atoms with Gasteiger partial charge >= 0.3 is 5.97 Å². The third kappa shape index (κ3) is 5.65. The molecule has 0 spiro atoms. The van der Waals surface area contributed by atoms with Gasteiger partial charge in [0.2, 0.25) is 11.8 Å². The summed E-state index contributed by atoms with van der Waals surface area (Å²) in [6.07, 6.45) is 1.11. The van der Waals surface area contributed by atoms with Crippen LogP contribution in [0, 0.1) is 23.7 Å². The van der Waals surface area contributed by atoms with Crippen molar-refractivity contribution in [2.24, 2.45) is 23.7 Å². The van der Waals surface area contributed by atoms with Gasteiger partial charge in [-0.05, 0) is 51.9 Å². The van der Waals surface area contributed by atoms with Gasteiger partial charge in [0.25, 0.3) is 0 Å². The molecule has 1 saturated heterocycles. The van der Waals surface area contributed by atoms with Gasteiger partial charge in [-0.3, -0.25) is 24.1 Å². The highest BCUT2D eigenvalue weighted by Crippen LogP contribution is 2.36. The van der Waals surface area contributed by atoms with Crippen molar-refractivity contribution in [3.8, 4) is 0 Å². The molecular formula is C22H35NO6. The van der Waals surface area contributed by atoms with Crippen LogP contribution < -0.4 is 0 Å². The van der Waals surface area contributed by atoms with E-state index in [1.807, 2.05) is 6.92 Å². The van der Waals surface area contributed by atoms with E-state index in [9.17, 15) is 24.3 Å². The second kappa shape index (κ2) is 9.37. The first-order chi connectivity index (χ1) is 13.5. The van der Waals surface area contributed by atoms with Crippen molar-refractivity contribution in [1.82, 2.24) is 4.90 Å². The maximum absolute atomic E-state index is 12.7. The van der Waals surface area contributed by atoms with E-state index in [0.717, 1.165) is 6.42 Å². The van der Waals surface area contributed by atoms with Gasteiger partial charge in [-0.2, -0.15) is 0 Å². The van der Waals surface area contributed by atoms with Gasteiger partial charge in [-0.1, -0.05) is 13.8 Å². The minimum absolute atomic E-state index is 0.0576. The second-order valence-corrected chi connectivity index (χ2v) is 9.48. The average Bonchev–Trinajstić information content (AvgIpc) is 2.56. The van der Waals surface area contributed by atoms with Crippen LogP contribution in [0.15, 0.2) is 0 Å². The lowest BCUT2D eigenvalue weighted by molar-refractivity contribution is -0.160. The largest absolute Gasteiger partial charge is 0.466 e. The van der Waals surface area contributed by atoms with E-state index in [2.05, 4.69) is 6.92 Å². The van der Waals surface area contributed by atoms with Crippen LogP contribution in [0.5, 0.6) is 0 Å². The SMILES string of the molecule is CCOC(=O)CC(C)(C)N1C(=O)CC(C[C@@H](O)C2C[C@@H](C)CC(C)C2=O)CC1=O. The summed E-state index contributed by atoms with van der Waals surface area (Å²) in [5, 5.41) is 10.7. The van der Waals surface area contributed by atoms with Gasteiger partial charge < -0.3 is 9.84 Å². The Morgan fingerprint density at radius 1 is 1.17 bits per heavy atom. The Balaban J connectivity index is 2.00. The van der Waals surface area contributed by atoms with Crippen LogP contribution in [0.4, 0.5) is 0 Å². The first-order valence-electron chi connectivity index (χ1n) is 10.7. The van der Waals surface area contributed by atoms with E-state index in [-0.39, 0.29) is 61.7 Å². The number of Topliss-reactive ketones (excluding diaryl/α,β-unsaturated/α-hetero) is 1. The quantitative estimate of drug-likeness (QED) is 0.512. The summed E-state index contributed by atoms with van der Waals surface area (Å²) in [7, 11) is 0. The van der Waals surface area contributed by atoms with Crippen molar-refractivity contribution in [2.75, 3.05) is 6.61 Å². The molecule has 1 heterocycles. The van der Waals surface area contributed by atoms with Crippen LogP contribution in [0.3, 0.4) is 0 Å². The third-order valence-electron chi connectivity index (χ3n) is 6.22. The number of aliphatic hydroxyl groups excluding tert-OH is 1. The zero-order valence-electron chi connectivity index (χ0n) is 18.3. The molecule has 1 aliphatic carbocycles. The van der Waals surface area contributed by atoms with Gasteiger partial charge in [0.15, 0.2) is 0 Å². The smallest absolute Gasteiger partial charge is 0.308 e. The molecule has 0 aromatic rings. The summed E-state index contributed by atoms with van der Waals surface area (Å²) in [6.45, 7) is 9.29. The predicted molar refractivity (Wildman–Crippen MR) is 107 cm³/mol. The molecule has 2 aliphatic rings. The van der Waals surface area contributed by atoms with Gasteiger partial charge in [-0.25, -0.2) is 0 Å². The summed E-state index contributed by atoms with van der Waals surface area (Å²) in [4.78, 5) is 51.0. The fourth-order valence-electron chi connectivity index (χ4n) is 4.96. The summed E-state index contributed by atoms with van der Waals surface area (Å²) >= 11 is 0. The molecule has 0 aromatic carbocycles. The number of amides is 2. The molecule has 2 rings (SSSR count). The van der Waals surface area contributed by atoms with Gasteiger partial charge in [-0.15, -0.1) is 0 Å². The van der Waals surface area contributed by atoms with E-state index in [0.29, 0.717) is 12.3 Å². The topological polar surface area (TPSA) is 101 Å². The monoisotopic (exact) mass is 409 g/mol. The number of ether oxygens (including phenoxy) is 1. The van der Waals surface area contributed by atoms with Crippen LogP contribution in [0.25, 0.3) is 0 Å². The fourth-order valence-corrected chi connectivity index (χ4v) is 4.96. The van der Waals surface area contributed by atoms with Gasteiger partial charge in [0.1, 0.15) is 5.78 Å². The zero-order valence-corrected chi connectivity index (χ0v) is 18.3. The lowest BCUT2D eigenvalue weighted by Gasteiger charge is -2.41. The molecule has 29 heavy (non-hydrogen) atoms. The predicted octanol–water partition coefficient (Wildman–Crippen LogP) is 2.49. The van der Waals surface area contributed by atoms with E-state index >= 15 is 0 Å². The number of likely N-dealkylation sites (tertiary alicyclic amines) is 1. The van der Waals surface area contributed by atoms with Crippen LogP contribution in [0.2, 0.25) is 0 Å². The highest BCUT2D eigenvalue weighted by Gasteiger charge is 2.44. The molecule has 7 nitrogen and oxygen atoms in total. The van der Waals surface area contributed by atoms with Crippen LogP contribution in [0.1, 0.15) is 73.1 Å². The first-order valence-corrected chi connectivity index (χ1v) is 10.7. The van der Waals surface area contributed by atoms with Crippen LogP contribution in [-0.2, 0) is 23.9 Å². The van der Waals surface area contributed by atoms with Gasteiger partial charge in [0.05, 0.1) is 24.7 Å². The third-order valence-corrected chi connectivity index (χ3v) is 6.22. The number of hydrogen-bond acceptors (Lipinski definition) is 6. The highest BCUT2D eigenvalue weighted by molar-refractivity contribution is 5.99. The number of nitrogens with zero attached hydrogens (tertiary/aromatic N) is 1. The number of aliphatic hydroxyl groups is 1. The molecule has 2 fully saturated rings. The maximum Gasteiger partial charge on any atom is 0.308 e. The fraction of sp³-hybridized carbons (Fsp3) is 0.818. The Hall–Kier alpha value is -1.76. The minimum Gasteiger partial charge on any atom is -0.466 e. The number of esters is 1. The Morgan fingerprint density at radius 2 is 1.76 bits per heavy atom. The van der Waals surface area contributed by atoms with Crippen molar-refractivity contribution in [3.05, 3.63) is 0 Å².